The van der Waals surface area contributed by atoms with Crippen LogP contribution in [0.1, 0.15) is 12.8 Å². The molecule has 0 aromatic rings. The van der Waals surface area contributed by atoms with Crippen LogP contribution in [0.3, 0.4) is 0 Å². The molecule has 0 N–H and O–H groups in total. The van der Waals surface area contributed by atoms with Gasteiger partial charge in [-0.3, -0.25) is 0 Å². The number of nitrogens with zero attached hydrogens (tertiary/aromatic N) is 1. The maximum absolute atomic E-state index is 10.3. The van der Waals surface area contributed by atoms with Crippen molar-refractivity contribution < 1.29 is 42.5 Å². The molecule has 1 unspecified atom stereocenters. The van der Waals surface area contributed by atoms with Gasteiger partial charge in [0.25, 0.3) is 0 Å². The number of hydrogen-bond acceptors (Lipinski definition) is 4. The Balaban J connectivity index is 0.00000144. The van der Waals surface area contributed by atoms with Gasteiger partial charge in [0, 0.05) is 12.3 Å². The van der Waals surface area contributed by atoms with Crippen LogP contribution < -0.4 is 29.6 Å². The number of hydrogen-bond donors (Lipinski definition) is 0. The van der Waals surface area contributed by atoms with Crippen LogP contribution in [0, 0.1) is 5.92 Å². The first-order valence-electron chi connectivity index (χ1n) is 4.09. The molecule has 1 atom stereocenters. The first-order chi connectivity index (χ1) is 5.47. The molecule has 0 aromatic heterocycles. The van der Waals surface area contributed by atoms with Crippen molar-refractivity contribution in [2.24, 2.45) is 5.92 Å². The van der Waals surface area contributed by atoms with Crippen LogP contribution in [-0.2, 0) is 10.1 Å². The van der Waals surface area contributed by atoms with E-state index in [1.165, 1.54) is 0 Å². The maximum atomic E-state index is 10.3. The standard InChI is InChI=1S/C7H15NO3S.Na/c1-8-4-2-7(6-8)3-5-12(9,10)11;/h7H,2-6H2,1H3,(H,9,10,11);/q;+1/p-1. The predicted molar refractivity (Wildman–Crippen MR) is 44.8 cm³/mol. The average molecular weight is 215 g/mol. The van der Waals surface area contributed by atoms with Crippen molar-refractivity contribution in [3.8, 4) is 0 Å². The smallest absolute Gasteiger partial charge is 0.748 e. The minimum atomic E-state index is -4.00. The summed E-state index contributed by atoms with van der Waals surface area (Å²) in [7, 11) is -1.99. The van der Waals surface area contributed by atoms with Crippen LogP contribution in [-0.4, -0.2) is 43.8 Å². The molecule has 0 amide bonds. The normalized spacial score (nSPS) is 24.3. The Morgan fingerprint density at radius 3 is 2.54 bits per heavy atom. The van der Waals surface area contributed by atoms with Gasteiger partial charge in [0.2, 0.25) is 0 Å². The van der Waals surface area contributed by atoms with E-state index in [2.05, 4.69) is 4.90 Å². The van der Waals surface area contributed by atoms with E-state index in [0.29, 0.717) is 12.3 Å². The monoisotopic (exact) mass is 215 g/mol. The third-order valence-corrected chi connectivity index (χ3v) is 3.00. The molecule has 1 saturated heterocycles. The molecule has 72 valence electrons. The maximum Gasteiger partial charge on any atom is 1.00 e. The van der Waals surface area contributed by atoms with Crippen molar-refractivity contribution in [3.63, 3.8) is 0 Å². The van der Waals surface area contributed by atoms with Gasteiger partial charge in [0.15, 0.2) is 0 Å². The van der Waals surface area contributed by atoms with Gasteiger partial charge in [-0.15, -0.1) is 0 Å². The van der Waals surface area contributed by atoms with Gasteiger partial charge in [0.05, 0.1) is 10.1 Å². The Kier molecular flexibility index (Phi) is 6.06. The number of rotatable bonds is 3. The van der Waals surface area contributed by atoms with Gasteiger partial charge in [0.1, 0.15) is 0 Å². The molecule has 0 spiro atoms. The summed E-state index contributed by atoms with van der Waals surface area (Å²) in [6, 6.07) is 0. The summed E-state index contributed by atoms with van der Waals surface area (Å²) in [6.07, 6.45) is 1.54. The summed E-state index contributed by atoms with van der Waals surface area (Å²) < 4.78 is 30.9. The van der Waals surface area contributed by atoms with E-state index in [4.69, 9.17) is 0 Å². The van der Waals surface area contributed by atoms with Crippen molar-refractivity contribution in [2.45, 2.75) is 12.8 Å². The molecular formula is C7H14NNaO3S. The van der Waals surface area contributed by atoms with Crippen molar-refractivity contribution >= 4 is 10.1 Å². The van der Waals surface area contributed by atoms with Crippen LogP contribution >= 0.6 is 0 Å². The second-order valence-corrected chi connectivity index (χ2v) is 4.99. The van der Waals surface area contributed by atoms with Crippen LogP contribution in [0.5, 0.6) is 0 Å². The van der Waals surface area contributed by atoms with Gasteiger partial charge in [-0.1, -0.05) is 0 Å². The molecule has 13 heavy (non-hydrogen) atoms. The molecule has 1 rings (SSSR count). The molecule has 0 radical (unpaired) electrons. The topological polar surface area (TPSA) is 60.4 Å². The summed E-state index contributed by atoms with van der Waals surface area (Å²) in [5.41, 5.74) is 0. The largest absolute Gasteiger partial charge is 1.00 e. The molecule has 0 saturated carbocycles. The third kappa shape index (κ3) is 6.04. The molecular weight excluding hydrogens is 201 g/mol. The molecule has 1 aliphatic rings. The Bertz CT molecular complexity index is 242. The minimum absolute atomic E-state index is 0. The quantitative estimate of drug-likeness (QED) is 0.369. The average Bonchev–Trinajstić information content (AvgIpc) is 2.30. The first-order valence-corrected chi connectivity index (χ1v) is 5.67. The molecule has 6 heteroatoms. The molecule has 0 bridgehead atoms. The van der Waals surface area contributed by atoms with Crippen molar-refractivity contribution in [1.82, 2.24) is 4.90 Å². The third-order valence-electron chi connectivity index (χ3n) is 2.27. The molecule has 0 aliphatic carbocycles. The van der Waals surface area contributed by atoms with Crippen LogP contribution in [0.2, 0.25) is 0 Å². The molecule has 1 heterocycles. The summed E-state index contributed by atoms with van der Waals surface area (Å²) in [6.45, 7) is 1.94. The Morgan fingerprint density at radius 1 is 1.54 bits per heavy atom. The summed E-state index contributed by atoms with van der Waals surface area (Å²) >= 11 is 0. The zero-order valence-corrected chi connectivity index (χ0v) is 11.0. The fourth-order valence-corrected chi connectivity index (χ4v) is 2.19. The van der Waals surface area contributed by atoms with Gasteiger partial charge >= 0.3 is 29.6 Å². The summed E-state index contributed by atoms with van der Waals surface area (Å²) in [5.74, 6) is 0.199. The van der Waals surface area contributed by atoms with E-state index in [1.54, 1.807) is 0 Å². The fraction of sp³-hybridized carbons (Fsp3) is 1.00. The second-order valence-electron chi connectivity index (χ2n) is 3.47. The molecule has 0 aromatic carbocycles. The van der Waals surface area contributed by atoms with E-state index in [9.17, 15) is 13.0 Å². The Labute approximate surface area is 102 Å². The molecule has 1 fully saturated rings. The fourth-order valence-electron chi connectivity index (χ4n) is 1.57. The van der Waals surface area contributed by atoms with Crippen LogP contribution in [0.15, 0.2) is 0 Å². The minimum Gasteiger partial charge on any atom is -0.748 e. The van der Waals surface area contributed by atoms with E-state index in [0.717, 1.165) is 19.5 Å². The molecule has 4 nitrogen and oxygen atoms in total. The van der Waals surface area contributed by atoms with Crippen molar-refractivity contribution in [1.29, 1.82) is 0 Å². The SMILES string of the molecule is CN1CCC(CCS(=O)(=O)[O-])C1.[Na+]. The number of likely N-dealkylation sites (tertiary alicyclic amines) is 1. The summed E-state index contributed by atoms with van der Waals surface area (Å²) in [4.78, 5) is 2.15. The van der Waals surface area contributed by atoms with Gasteiger partial charge in [-0.2, -0.15) is 0 Å². The van der Waals surface area contributed by atoms with Gasteiger partial charge < -0.3 is 9.45 Å². The van der Waals surface area contributed by atoms with Crippen LogP contribution in [0.25, 0.3) is 0 Å². The Hall–Kier alpha value is 0.870. The Morgan fingerprint density at radius 2 is 2.15 bits per heavy atom. The van der Waals surface area contributed by atoms with Crippen molar-refractivity contribution in [3.05, 3.63) is 0 Å². The zero-order valence-electron chi connectivity index (χ0n) is 8.19. The summed E-state index contributed by atoms with van der Waals surface area (Å²) in [5, 5.41) is 0. The van der Waals surface area contributed by atoms with Crippen LogP contribution in [0.4, 0.5) is 0 Å². The van der Waals surface area contributed by atoms with Crippen molar-refractivity contribution in [2.75, 3.05) is 25.9 Å². The van der Waals surface area contributed by atoms with E-state index in [1.807, 2.05) is 7.05 Å². The zero-order chi connectivity index (χ0) is 9.19. The van der Waals surface area contributed by atoms with E-state index < -0.39 is 10.1 Å². The molecule has 1 aliphatic heterocycles. The second kappa shape index (κ2) is 5.68. The van der Waals surface area contributed by atoms with Gasteiger partial charge in [-0.25, -0.2) is 8.42 Å². The van der Waals surface area contributed by atoms with Gasteiger partial charge in [-0.05, 0) is 32.4 Å². The van der Waals surface area contributed by atoms with E-state index in [-0.39, 0.29) is 35.3 Å². The predicted octanol–water partition coefficient (Wildman–Crippen LogP) is -3.12. The van der Waals surface area contributed by atoms with E-state index >= 15 is 0 Å². The first kappa shape index (κ1) is 13.9.